The largest absolute Gasteiger partial charge is 0.352 e. The van der Waals surface area contributed by atoms with Crippen molar-refractivity contribution in [3.63, 3.8) is 0 Å². The van der Waals surface area contributed by atoms with E-state index in [0.29, 0.717) is 6.04 Å². The van der Waals surface area contributed by atoms with Gasteiger partial charge in [0.15, 0.2) is 0 Å². The minimum absolute atomic E-state index is 0.00535. The number of amides is 1. The molecule has 0 radical (unpaired) electrons. The van der Waals surface area contributed by atoms with Gasteiger partial charge in [-0.05, 0) is 31.1 Å². The van der Waals surface area contributed by atoms with E-state index in [2.05, 4.69) is 5.32 Å². The lowest BCUT2D eigenvalue weighted by Gasteiger charge is -2.22. The minimum Gasteiger partial charge on any atom is -0.352 e. The van der Waals surface area contributed by atoms with Gasteiger partial charge in [-0.15, -0.1) is 11.6 Å². The van der Waals surface area contributed by atoms with Crippen molar-refractivity contribution in [1.82, 2.24) is 5.32 Å². The Morgan fingerprint density at radius 1 is 1.42 bits per heavy atom. The Labute approximate surface area is 77.7 Å². The van der Waals surface area contributed by atoms with Crippen LogP contribution >= 0.6 is 11.6 Å². The summed E-state index contributed by atoms with van der Waals surface area (Å²) < 4.78 is 0. The summed E-state index contributed by atoms with van der Waals surface area (Å²) in [4.78, 5) is 11.0. The number of carbonyl (C=O) groups is 1. The third kappa shape index (κ3) is 1.45. The number of fused-ring (bicyclic) bond motifs is 2. The first-order valence-electron chi connectivity index (χ1n) is 4.65. The lowest BCUT2D eigenvalue weighted by molar-refractivity contribution is -0.119. The lowest BCUT2D eigenvalue weighted by atomic mass is 9.95. The fourth-order valence-electron chi connectivity index (χ4n) is 2.67. The van der Waals surface area contributed by atoms with Crippen LogP contribution in [0.2, 0.25) is 0 Å². The Balaban J connectivity index is 1.86. The van der Waals surface area contributed by atoms with Crippen molar-refractivity contribution in [2.45, 2.75) is 31.7 Å². The Kier molecular flexibility index (Phi) is 2.26. The molecule has 0 spiro atoms. The predicted octanol–water partition coefficient (Wildman–Crippen LogP) is 1.53. The third-order valence-electron chi connectivity index (χ3n) is 3.21. The van der Waals surface area contributed by atoms with E-state index in [1.807, 2.05) is 0 Å². The van der Waals surface area contributed by atoms with Gasteiger partial charge in [-0.3, -0.25) is 4.79 Å². The minimum atomic E-state index is -0.00535. The molecule has 0 saturated heterocycles. The van der Waals surface area contributed by atoms with Crippen LogP contribution in [0.5, 0.6) is 0 Å². The van der Waals surface area contributed by atoms with Crippen LogP contribution in [0.25, 0.3) is 0 Å². The zero-order valence-corrected chi connectivity index (χ0v) is 7.81. The molecule has 2 fully saturated rings. The number of hydrogen-bond acceptors (Lipinski definition) is 1. The second kappa shape index (κ2) is 3.25. The molecule has 12 heavy (non-hydrogen) atoms. The molecule has 2 aliphatic rings. The topological polar surface area (TPSA) is 29.1 Å². The molecule has 0 aliphatic heterocycles. The smallest absolute Gasteiger partial charge is 0.235 e. The van der Waals surface area contributed by atoms with Crippen LogP contribution in [0.4, 0.5) is 0 Å². The first-order valence-corrected chi connectivity index (χ1v) is 5.18. The van der Waals surface area contributed by atoms with E-state index >= 15 is 0 Å². The van der Waals surface area contributed by atoms with Crippen molar-refractivity contribution in [2.75, 3.05) is 5.88 Å². The van der Waals surface area contributed by atoms with E-state index in [1.54, 1.807) is 0 Å². The van der Waals surface area contributed by atoms with Crippen molar-refractivity contribution in [1.29, 1.82) is 0 Å². The van der Waals surface area contributed by atoms with Gasteiger partial charge in [0.05, 0.1) is 0 Å². The average Bonchev–Trinajstić information content (AvgIpc) is 2.64. The quantitative estimate of drug-likeness (QED) is 0.653. The Bertz CT molecular complexity index is 195. The molecule has 3 atom stereocenters. The van der Waals surface area contributed by atoms with Crippen molar-refractivity contribution in [2.24, 2.45) is 11.8 Å². The van der Waals surface area contributed by atoms with Gasteiger partial charge in [0.25, 0.3) is 0 Å². The summed E-state index contributed by atoms with van der Waals surface area (Å²) in [6.45, 7) is 0. The third-order valence-corrected chi connectivity index (χ3v) is 3.45. The predicted molar refractivity (Wildman–Crippen MR) is 48.1 cm³/mol. The molecule has 0 aromatic rings. The zero-order chi connectivity index (χ0) is 8.55. The van der Waals surface area contributed by atoms with Gasteiger partial charge in [-0.25, -0.2) is 0 Å². The number of rotatable bonds is 2. The average molecular weight is 188 g/mol. The van der Waals surface area contributed by atoms with Crippen molar-refractivity contribution >= 4 is 17.5 Å². The Morgan fingerprint density at radius 3 is 2.75 bits per heavy atom. The Hall–Kier alpha value is -0.240. The van der Waals surface area contributed by atoms with Crippen molar-refractivity contribution < 1.29 is 4.79 Å². The van der Waals surface area contributed by atoms with Crippen LogP contribution in [-0.4, -0.2) is 17.8 Å². The standard InChI is InChI=1S/C9H14ClNO/c10-5-9(12)11-8-4-6-1-2-7(8)3-6/h6-8H,1-5H2,(H,11,12)/t6-,7-,8-/m0/s1. The highest BCUT2D eigenvalue weighted by atomic mass is 35.5. The molecule has 2 bridgehead atoms. The van der Waals surface area contributed by atoms with E-state index in [1.165, 1.54) is 25.7 Å². The highest BCUT2D eigenvalue weighted by Gasteiger charge is 2.39. The van der Waals surface area contributed by atoms with Crippen LogP contribution in [0.3, 0.4) is 0 Å². The summed E-state index contributed by atoms with van der Waals surface area (Å²) in [5.74, 6) is 1.74. The van der Waals surface area contributed by atoms with E-state index in [-0.39, 0.29) is 11.8 Å². The summed E-state index contributed by atoms with van der Waals surface area (Å²) >= 11 is 5.42. The van der Waals surface area contributed by atoms with E-state index in [0.717, 1.165) is 11.8 Å². The number of nitrogens with one attached hydrogen (secondary N) is 1. The molecule has 0 heterocycles. The molecule has 2 aliphatic carbocycles. The van der Waals surface area contributed by atoms with E-state index in [9.17, 15) is 4.79 Å². The van der Waals surface area contributed by atoms with Gasteiger partial charge in [0.1, 0.15) is 5.88 Å². The first-order chi connectivity index (χ1) is 5.79. The van der Waals surface area contributed by atoms with Crippen LogP contribution < -0.4 is 5.32 Å². The van der Waals surface area contributed by atoms with Gasteiger partial charge >= 0.3 is 0 Å². The fraction of sp³-hybridized carbons (Fsp3) is 0.889. The van der Waals surface area contributed by atoms with Crippen LogP contribution in [0.1, 0.15) is 25.7 Å². The molecule has 68 valence electrons. The summed E-state index contributed by atoms with van der Waals surface area (Å²) in [5.41, 5.74) is 0. The Morgan fingerprint density at radius 2 is 2.25 bits per heavy atom. The van der Waals surface area contributed by atoms with Gasteiger partial charge in [0, 0.05) is 6.04 Å². The molecule has 1 N–H and O–H groups in total. The number of halogens is 1. The number of alkyl halides is 1. The summed E-state index contributed by atoms with van der Waals surface area (Å²) in [6.07, 6.45) is 5.19. The summed E-state index contributed by atoms with van der Waals surface area (Å²) in [6, 6.07) is 0.440. The first kappa shape index (κ1) is 8.36. The van der Waals surface area contributed by atoms with E-state index in [4.69, 9.17) is 11.6 Å². The SMILES string of the molecule is O=C(CCl)N[C@H]1C[C@H]2CC[C@H]1C2. The maximum absolute atomic E-state index is 11.0. The molecule has 1 amide bonds. The molecule has 2 rings (SSSR count). The molecule has 2 saturated carbocycles. The molecule has 0 unspecified atom stereocenters. The monoisotopic (exact) mass is 187 g/mol. The van der Waals surface area contributed by atoms with E-state index < -0.39 is 0 Å². The molecular formula is C9H14ClNO. The molecule has 3 heteroatoms. The van der Waals surface area contributed by atoms with Crippen molar-refractivity contribution in [3.8, 4) is 0 Å². The molecule has 0 aromatic heterocycles. The van der Waals surface area contributed by atoms with Crippen LogP contribution in [0.15, 0.2) is 0 Å². The van der Waals surface area contributed by atoms with Gasteiger partial charge in [-0.1, -0.05) is 6.42 Å². The lowest BCUT2D eigenvalue weighted by Crippen LogP contribution is -2.39. The highest BCUT2D eigenvalue weighted by molar-refractivity contribution is 6.27. The zero-order valence-electron chi connectivity index (χ0n) is 7.05. The maximum Gasteiger partial charge on any atom is 0.235 e. The normalized spacial score (nSPS) is 38.6. The number of hydrogen-bond donors (Lipinski definition) is 1. The fourth-order valence-corrected chi connectivity index (χ4v) is 2.74. The second-order valence-electron chi connectivity index (χ2n) is 3.98. The highest BCUT2D eigenvalue weighted by Crippen LogP contribution is 2.44. The molecular weight excluding hydrogens is 174 g/mol. The van der Waals surface area contributed by atoms with Gasteiger partial charge in [-0.2, -0.15) is 0 Å². The van der Waals surface area contributed by atoms with Gasteiger partial charge in [0.2, 0.25) is 5.91 Å². The number of carbonyl (C=O) groups excluding carboxylic acids is 1. The summed E-state index contributed by atoms with van der Waals surface area (Å²) in [5, 5.41) is 2.99. The van der Waals surface area contributed by atoms with Gasteiger partial charge < -0.3 is 5.32 Å². The van der Waals surface area contributed by atoms with Crippen LogP contribution in [-0.2, 0) is 4.79 Å². The summed E-state index contributed by atoms with van der Waals surface area (Å²) in [7, 11) is 0. The van der Waals surface area contributed by atoms with Crippen molar-refractivity contribution in [3.05, 3.63) is 0 Å². The second-order valence-corrected chi connectivity index (χ2v) is 4.25. The maximum atomic E-state index is 11.0. The van der Waals surface area contributed by atoms with Crippen LogP contribution in [0, 0.1) is 11.8 Å². The molecule has 0 aromatic carbocycles. The molecule has 2 nitrogen and oxygen atoms in total.